The van der Waals surface area contributed by atoms with Gasteiger partial charge in [0.25, 0.3) is 5.69 Å². The van der Waals surface area contributed by atoms with Crippen LogP contribution in [0.3, 0.4) is 0 Å². The van der Waals surface area contributed by atoms with E-state index in [0.29, 0.717) is 11.1 Å². The summed E-state index contributed by atoms with van der Waals surface area (Å²) in [6.45, 7) is 1.88. The number of hydrogen-bond donors (Lipinski definition) is 1. The molecular formula is C18H18F3N3O3. The normalized spacial score (nSPS) is 11.5. The van der Waals surface area contributed by atoms with Crippen molar-refractivity contribution in [1.82, 2.24) is 4.90 Å². The number of anilines is 1. The standard InChI is InChI=1S/C18H18F3N3O3/c1-12-3-8-15(16(9-12)24(26)27)22-17(25)11-23(2)10-13-4-6-14(7-5-13)18(19,20)21/h3-9H,10-11H2,1-2H3,(H,22,25). The summed E-state index contributed by atoms with van der Waals surface area (Å²) in [6, 6.07) is 9.14. The minimum absolute atomic E-state index is 0.0773. The van der Waals surface area contributed by atoms with E-state index >= 15 is 0 Å². The quantitative estimate of drug-likeness (QED) is 0.606. The molecule has 0 spiro atoms. The highest BCUT2D eigenvalue weighted by Gasteiger charge is 2.29. The van der Waals surface area contributed by atoms with Crippen LogP contribution in [0, 0.1) is 17.0 Å². The fraction of sp³-hybridized carbons (Fsp3) is 0.278. The van der Waals surface area contributed by atoms with Crippen LogP contribution in [-0.2, 0) is 17.5 Å². The first-order valence-corrected chi connectivity index (χ1v) is 7.96. The monoisotopic (exact) mass is 381 g/mol. The summed E-state index contributed by atoms with van der Waals surface area (Å²) in [5, 5.41) is 13.6. The Morgan fingerprint density at radius 2 is 1.81 bits per heavy atom. The van der Waals surface area contributed by atoms with E-state index < -0.39 is 22.6 Å². The van der Waals surface area contributed by atoms with Gasteiger partial charge in [0.05, 0.1) is 17.0 Å². The van der Waals surface area contributed by atoms with E-state index in [9.17, 15) is 28.1 Å². The van der Waals surface area contributed by atoms with Gasteiger partial charge in [-0.3, -0.25) is 19.8 Å². The van der Waals surface area contributed by atoms with Crippen molar-refractivity contribution in [3.8, 4) is 0 Å². The molecule has 2 aromatic carbocycles. The molecule has 0 aliphatic heterocycles. The number of hydrogen-bond acceptors (Lipinski definition) is 4. The molecule has 0 bridgehead atoms. The van der Waals surface area contributed by atoms with Gasteiger partial charge in [0, 0.05) is 12.6 Å². The second-order valence-electron chi connectivity index (χ2n) is 6.19. The van der Waals surface area contributed by atoms with Crippen molar-refractivity contribution in [3.05, 3.63) is 69.3 Å². The number of benzene rings is 2. The third-order valence-corrected chi connectivity index (χ3v) is 3.77. The summed E-state index contributed by atoms with van der Waals surface area (Å²) in [7, 11) is 1.63. The lowest BCUT2D eigenvalue weighted by atomic mass is 10.1. The maximum absolute atomic E-state index is 12.6. The van der Waals surface area contributed by atoms with Crippen molar-refractivity contribution >= 4 is 17.3 Å². The predicted octanol–water partition coefficient (Wildman–Crippen LogP) is 3.99. The number of aryl methyl sites for hydroxylation is 1. The largest absolute Gasteiger partial charge is 0.416 e. The highest BCUT2D eigenvalue weighted by molar-refractivity contribution is 5.94. The van der Waals surface area contributed by atoms with E-state index in [4.69, 9.17) is 0 Å². The van der Waals surface area contributed by atoms with Gasteiger partial charge in [0.15, 0.2) is 0 Å². The first-order valence-electron chi connectivity index (χ1n) is 7.96. The molecule has 0 fully saturated rings. The molecule has 0 aromatic heterocycles. The van der Waals surface area contributed by atoms with Gasteiger partial charge >= 0.3 is 6.18 Å². The molecule has 0 atom stereocenters. The molecule has 0 heterocycles. The lowest BCUT2D eigenvalue weighted by Gasteiger charge is -2.17. The highest BCUT2D eigenvalue weighted by Crippen LogP contribution is 2.29. The molecule has 0 radical (unpaired) electrons. The zero-order chi connectivity index (χ0) is 20.2. The van der Waals surface area contributed by atoms with Crippen molar-refractivity contribution in [2.75, 3.05) is 18.9 Å². The summed E-state index contributed by atoms with van der Waals surface area (Å²) < 4.78 is 37.7. The Hall–Kier alpha value is -2.94. The van der Waals surface area contributed by atoms with Crippen LogP contribution >= 0.6 is 0 Å². The third kappa shape index (κ3) is 5.78. The fourth-order valence-electron chi connectivity index (χ4n) is 2.50. The zero-order valence-corrected chi connectivity index (χ0v) is 14.7. The molecule has 6 nitrogen and oxygen atoms in total. The Bertz CT molecular complexity index is 836. The number of halogens is 3. The lowest BCUT2D eigenvalue weighted by Crippen LogP contribution is -2.30. The second kappa shape index (κ2) is 8.17. The molecule has 2 rings (SSSR count). The van der Waals surface area contributed by atoms with E-state index in [1.807, 2.05) is 0 Å². The Morgan fingerprint density at radius 1 is 1.19 bits per heavy atom. The van der Waals surface area contributed by atoms with Crippen molar-refractivity contribution < 1.29 is 22.9 Å². The van der Waals surface area contributed by atoms with E-state index in [0.717, 1.165) is 12.1 Å². The van der Waals surface area contributed by atoms with Crippen LogP contribution < -0.4 is 5.32 Å². The predicted molar refractivity (Wildman–Crippen MR) is 94.2 cm³/mol. The number of alkyl halides is 3. The van der Waals surface area contributed by atoms with Gasteiger partial charge in [-0.25, -0.2) is 0 Å². The summed E-state index contributed by atoms with van der Waals surface area (Å²) >= 11 is 0. The van der Waals surface area contributed by atoms with E-state index in [1.54, 1.807) is 24.9 Å². The maximum Gasteiger partial charge on any atom is 0.416 e. The van der Waals surface area contributed by atoms with Crippen molar-refractivity contribution in [2.45, 2.75) is 19.6 Å². The van der Waals surface area contributed by atoms with E-state index in [-0.39, 0.29) is 24.5 Å². The van der Waals surface area contributed by atoms with Gasteiger partial charge in [-0.15, -0.1) is 0 Å². The number of nitro groups is 1. The number of carbonyl (C=O) groups excluding carboxylic acids is 1. The molecule has 144 valence electrons. The number of carbonyl (C=O) groups is 1. The number of rotatable bonds is 6. The summed E-state index contributed by atoms with van der Waals surface area (Å²) in [5.41, 5.74) is 0.462. The Balaban J connectivity index is 1.97. The fourth-order valence-corrected chi connectivity index (χ4v) is 2.50. The third-order valence-electron chi connectivity index (χ3n) is 3.77. The van der Waals surface area contributed by atoms with Gasteiger partial charge in [0.1, 0.15) is 5.69 Å². The van der Waals surface area contributed by atoms with Crippen molar-refractivity contribution in [2.24, 2.45) is 0 Å². The van der Waals surface area contributed by atoms with Crippen LogP contribution in [-0.4, -0.2) is 29.3 Å². The van der Waals surface area contributed by atoms with Crippen LogP contribution in [0.1, 0.15) is 16.7 Å². The Labute approximate surface area is 153 Å². The molecule has 0 aliphatic rings. The number of amides is 1. The molecule has 2 aromatic rings. The number of nitro benzene ring substituents is 1. The number of nitrogens with one attached hydrogen (secondary N) is 1. The second-order valence-corrected chi connectivity index (χ2v) is 6.19. The van der Waals surface area contributed by atoms with Crippen LogP contribution in [0.25, 0.3) is 0 Å². The molecular weight excluding hydrogens is 363 g/mol. The van der Waals surface area contributed by atoms with E-state index in [1.165, 1.54) is 24.3 Å². The average molecular weight is 381 g/mol. The zero-order valence-electron chi connectivity index (χ0n) is 14.7. The maximum atomic E-state index is 12.6. The van der Waals surface area contributed by atoms with Gasteiger partial charge in [0.2, 0.25) is 5.91 Å². The molecule has 27 heavy (non-hydrogen) atoms. The summed E-state index contributed by atoms with van der Waals surface area (Å²) in [6.07, 6.45) is -4.40. The number of nitrogens with zero attached hydrogens (tertiary/aromatic N) is 2. The van der Waals surface area contributed by atoms with Gasteiger partial charge in [-0.2, -0.15) is 13.2 Å². The average Bonchev–Trinajstić information content (AvgIpc) is 2.55. The minimum Gasteiger partial charge on any atom is -0.319 e. The van der Waals surface area contributed by atoms with Crippen molar-refractivity contribution in [1.29, 1.82) is 0 Å². The molecule has 9 heteroatoms. The minimum atomic E-state index is -4.40. The smallest absolute Gasteiger partial charge is 0.319 e. The van der Waals surface area contributed by atoms with Crippen LogP contribution in [0.15, 0.2) is 42.5 Å². The SMILES string of the molecule is Cc1ccc(NC(=O)CN(C)Cc2ccc(C(F)(F)F)cc2)c([N+](=O)[O-])c1. The highest BCUT2D eigenvalue weighted by atomic mass is 19.4. The van der Waals surface area contributed by atoms with Crippen LogP contribution in [0.4, 0.5) is 24.5 Å². The molecule has 1 amide bonds. The first kappa shape index (κ1) is 20.4. The Kier molecular flexibility index (Phi) is 6.17. The van der Waals surface area contributed by atoms with Crippen LogP contribution in [0.5, 0.6) is 0 Å². The summed E-state index contributed by atoms with van der Waals surface area (Å²) in [4.78, 5) is 24.2. The topological polar surface area (TPSA) is 75.5 Å². The first-order chi connectivity index (χ1) is 12.6. The molecule has 0 saturated heterocycles. The summed E-state index contributed by atoms with van der Waals surface area (Å²) in [5.74, 6) is -0.462. The van der Waals surface area contributed by atoms with Gasteiger partial charge in [-0.1, -0.05) is 18.2 Å². The molecule has 0 saturated carbocycles. The number of likely N-dealkylation sites (N-methyl/N-ethyl adjacent to an activating group) is 1. The molecule has 1 N–H and O–H groups in total. The van der Waals surface area contributed by atoms with Gasteiger partial charge in [-0.05, 0) is 43.3 Å². The van der Waals surface area contributed by atoms with Crippen LogP contribution in [0.2, 0.25) is 0 Å². The molecule has 0 unspecified atom stereocenters. The van der Waals surface area contributed by atoms with E-state index in [2.05, 4.69) is 5.32 Å². The Morgan fingerprint density at radius 3 is 2.37 bits per heavy atom. The van der Waals surface area contributed by atoms with Crippen molar-refractivity contribution in [3.63, 3.8) is 0 Å². The lowest BCUT2D eigenvalue weighted by molar-refractivity contribution is -0.384. The van der Waals surface area contributed by atoms with Gasteiger partial charge < -0.3 is 5.32 Å². The molecule has 0 aliphatic carbocycles.